The molecule has 0 saturated heterocycles. The van der Waals surface area contributed by atoms with E-state index in [0.717, 1.165) is 52.8 Å². The van der Waals surface area contributed by atoms with E-state index < -0.39 is 0 Å². The van der Waals surface area contributed by atoms with E-state index in [1.54, 1.807) is 44.9 Å². The van der Waals surface area contributed by atoms with Crippen LogP contribution in [0.1, 0.15) is 159 Å². The van der Waals surface area contributed by atoms with Crippen molar-refractivity contribution >= 4 is 0 Å². The van der Waals surface area contributed by atoms with Crippen LogP contribution in [0.4, 0.5) is 0 Å². The third-order valence-corrected chi connectivity index (χ3v) is 18.7. The maximum Gasteiger partial charge on any atom is -0.0235 e. The second-order valence-corrected chi connectivity index (χ2v) is 19.4. The van der Waals surface area contributed by atoms with Gasteiger partial charge in [0.1, 0.15) is 0 Å². The normalized spacial score (nSPS) is 62.9. The molecular weight excluding hydrogens is 468 g/mol. The minimum atomic E-state index is 0.515. The van der Waals surface area contributed by atoms with E-state index in [1.807, 2.05) is 0 Å². The molecule has 9 unspecified atom stereocenters. The molecule has 7 aliphatic rings. The monoisotopic (exact) mass is 535 g/mol. The lowest BCUT2D eigenvalue weighted by atomic mass is 9.30. The van der Waals surface area contributed by atoms with Gasteiger partial charge in [-0.25, -0.2) is 0 Å². The lowest BCUT2D eigenvalue weighted by Crippen LogP contribution is -2.67. The Balaban J connectivity index is 1.22. The Labute approximate surface area is 244 Å². The highest BCUT2D eigenvalue weighted by atomic mass is 14.8. The minimum absolute atomic E-state index is 0.515. The Bertz CT molecular complexity index is 1010. The third-order valence-electron chi connectivity index (χ3n) is 18.7. The highest BCUT2D eigenvalue weighted by Gasteiger charge is 2.74. The minimum Gasteiger partial charge on any atom is -0.0651 e. The molecule has 0 nitrogen and oxygen atoms in total. The second-order valence-electron chi connectivity index (χ2n) is 19.4. The van der Waals surface area contributed by atoms with E-state index in [0.29, 0.717) is 32.5 Å². The zero-order valence-electron chi connectivity index (χ0n) is 28.0. The van der Waals surface area contributed by atoms with E-state index >= 15 is 0 Å². The summed E-state index contributed by atoms with van der Waals surface area (Å²) in [5, 5.41) is 0. The average Bonchev–Trinajstić information content (AvgIpc) is 3.58. The van der Waals surface area contributed by atoms with Crippen molar-refractivity contribution in [3.8, 4) is 0 Å². The molecule has 0 bridgehead atoms. The largest absolute Gasteiger partial charge is 0.0651 e. The van der Waals surface area contributed by atoms with Crippen LogP contribution in [-0.4, -0.2) is 0 Å². The van der Waals surface area contributed by atoms with Gasteiger partial charge in [0.25, 0.3) is 0 Å². The van der Waals surface area contributed by atoms with Crippen molar-refractivity contribution in [3.05, 3.63) is 0 Å². The van der Waals surface area contributed by atoms with Crippen LogP contribution in [0.3, 0.4) is 0 Å². The third kappa shape index (κ3) is 3.10. The molecule has 7 saturated carbocycles. The Morgan fingerprint density at radius 2 is 0.974 bits per heavy atom. The van der Waals surface area contributed by atoms with Gasteiger partial charge in [-0.2, -0.15) is 0 Å². The fourth-order valence-electron chi connectivity index (χ4n) is 16.7. The van der Waals surface area contributed by atoms with Gasteiger partial charge in [-0.05, 0) is 169 Å². The summed E-state index contributed by atoms with van der Waals surface area (Å²) in [7, 11) is 0. The number of rotatable bonds is 2. The molecule has 0 heterocycles. The van der Waals surface area contributed by atoms with Crippen LogP contribution in [-0.2, 0) is 0 Å². The first-order valence-corrected chi connectivity index (χ1v) is 18.2. The number of hydrogen-bond donors (Lipinski definition) is 0. The lowest BCUT2D eigenvalue weighted by Gasteiger charge is -2.74. The van der Waals surface area contributed by atoms with Gasteiger partial charge in [0.05, 0.1) is 0 Å². The molecule has 14 atom stereocenters. The Hall–Kier alpha value is 0. The standard InChI is InChI=1S/C39H66/c1-11-27-34(6)20-15-31-37(9)21-16-29-35(7)18-13-25(3)33(4,5)28(35)14-19-36(29,8)30(37)17-22-38(31,10)32(34)23-26-24-39(26,27)12-2/h25-32H,11-24H2,1-10H3/t25-,26+,27+,28?,29?,30?,31?,32+,34?,35?,36?,37?,38?,39-/m1/s1. The quantitative estimate of drug-likeness (QED) is 0.330. The summed E-state index contributed by atoms with van der Waals surface area (Å²) in [5.74, 6) is 7.76. The van der Waals surface area contributed by atoms with Crippen LogP contribution in [0.15, 0.2) is 0 Å². The molecule has 7 rings (SSSR count). The summed E-state index contributed by atoms with van der Waals surface area (Å²) in [4.78, 5) is 0. The number of fused-ring (bicyclic) bond motifs is 10. The summed E-state index contributed by atoms with van der Waals surface area (Å²) in [6.07, 6.45) is 21.3. The molecule has 39 heavy (non-hydrogen) atoms. The Kier molecular flexibility index (Phi) is 5.80. The van der Waals surface area contributed by atoms with E-state index in [9.17, 15) is 0 Å². The second kappa shape index (κ2) is 8.13. The Morgan fingerprint density at radius 3 is 1.49 bits per heavy atom. The summed E-state index contributed by atoms with van der Waals surface area (Å²) in [5.41, 5.74) is 4.15. The van der Waals surface area contributed by atoms with Gasteiger partial charge in [0, 0.05) is 0 Å². The van der Waals surface area contributed by atoms with Crippen molar-refractivity contribution in [3.63, 3.8) is 0 Å². The summed E-state index contributed by atoms with van der Waals surface area (Å²) >= 11 is 0. The molecular formula is C39H66. The molecule has 7 aliphatic carbocycles. The van der Waals surface area contributed by atoms with Gasteiger partial charge in [0.2, 0.25) is 0 Å². The zero-order valence-corrected chi connectivity index (χ0v) is 28.0. The molecule has 0 aliphatic heterocycles. The first kappa shape index (κ1) is 27.8. The molecule has 0 aromatic rings. The fourth-order valence-corrected chi connectivity index (χ4v) is 16.7. The fraction of sp³-hybridized carbons (Fsp3) is 1.00. The first-order chi connectivity index (χ1) is 18.2. The van der Waals surface area contributed by atoms with Crippen molar-refractivity contribution in [1.82, 2.24) is 0 Å². The van der Waals surface area contributed by atoms with Gasteiger partial charge in [-0.3, -0.25) is 0 Å². The van der Waals surface area contributed by atoms with E-state index in [-0.39, 0.29) is 0 Å². The van der Waals surface area contributed by atoms with Crippen molar-refractivity contribution in [1.29, 1.82) is 0 Å². The summed E-state index contributed by atoms with van der Waals surface area (Å²) in [6, 6.07) is 0. The van der Waals surface area contributed by atoms with Crippen LogP contribution < -0.4 is 0 Å². The molecule has 0 amide bonds. The van der Waals surface area contributed by atoms with Crippen LogP contribution in [0.25, 0.3) is 0 Å². The van der Waals surface area contributed by atoms with E-state index in [4.69, 9.17) is 0 Å². The van der Waals surface area contributed by atoms with Crippen LogP contribution in [0.2, 0.25) is 0 Å². The molecule has 0 heteroatoms. The van der Waals surface area contributed by atoms with Crippen LogP contribution in [0.5, 0.6) is 0 Å². The molecule has 0 radical (unpaired) electrons. The maximum atomic E-state index is 2.87. The molecule has 222 valence electrons. The first-order valence-electron chi connectivity index (χ1n) is 18.2. The highest BCUT2D eigenvalue weighted by Crippen LogP contribution is 2.82. The summed E-state index contributed by atoms with van der Waals surface area (Å²) in [6.45, 7) is 27.2. The predicted octanol–water partition coefficient (Wildman–Crippen LogP) is 11.6. The van der Waals surface area contributed by atoms with Crippen molar-refractivity contribution in [2.24, 2.45) is 85.2 Å². The highest BCUT2D eigenvalue weighted by molar-refractivity contribution is 5.23. The van der Waals surface area contributed by atoms with Crippen molar-refractivity contribution < 1.29 is 0 Å². The lowest BCUT2D eigenvalue weighted by molar-refractivity contribution is -0.258. The molecule has 0 aromatic carbocycles. The SMILES string of the molecule is CC[C@H]1C2(C)CCC3C4(C)CCC5C(C)(CCC6C5(C)CC[C@@H](C)C6(C)C)C4CCC3(C)[C@H]2C[C@H]2C[C@]21CC. The zero-order chi connectivity index (χ0) is 28.0. The van der Waals surface area contributed by atoms with Gasteiger partial charge >= 0.3 is 0 Å². The molecule has 0 spiro atoms. The van der Waals surface area contributed by atoms with Gasteiger partial charge < -0.3 is 0 Å². The van der Waals surface area contributed by atoms with Gasteiger partial charge in [-0.1, -0.05) is 75.7 Å². The topological polar surface area (TPSA) is 0 Å². The molecule has 0 N–H and O–H groups in total. The summed E-state index contributed by atoms with van der Waals surface area (Å²) < 4.78 is 0. The van der Waals surface area contributed by atoms with Crippen molar-refractivity contribution in [2.45, 2.75) is 159 Å². The molecule has 7 fully saturated rings. The van der Waals surface area contributed by atoms with Crippen LogP contribution >= 0.6 is 0 Å². The van der Waals surface area contributed by atoms with E-state index in [2.05, 4.69) is 69.2 Å². The number of hydrogen-bond acceptors (Lipinski definition) is 0. The van der Waals surface area contributed by atoms with Crippen LogP contribution in [0, 0.1) is 85.2 Å². The van der Waals surface area contributed by atoms with Crippen molar-refractivity contribution in [2.75, 3.05) is 0 Å². The predicted molar refractivity (Wildman–Crippen MR) is 166 cm³/mol. The Morgan fingerprint density at radius 1 is 0.538 bits per heavy atom. The van der Waals surface area contributed by atoms with E-state index in [1.165, 1.54) is 44.9 Å². The maximum absolute atomic E-state index is 2.87. The average molecular weight is 535 g/mol. The van der Waals surface area contributed by atoms with Gasteiger partial charge in [-0.15, -0.1) is 0 Å². The smallest absolute Gasteiger partial charge is 0.0235 e. The van der Waals surface area contributed by atoms with Gasteiger partial charge in [0.15, 0.2) is 0 Å². The molecule has 0 aromatic heterocycles.